The van der Waals surface area contributed by atoms with Gasteiger partial charge in [-0.25, -0.2) is 4.98 Å². The summed E-state index contributed by atoms with van der Waals surface area (Å²) >= 11 is 1.21. The van der Waals surface area contributed by atoms with Crippen LogP contribution in [0.15, 0.2) is 35.7 Å². The summed E-state index contributed by atoms with van der Waals surface area (Å²) in [5.74, 6) is -1.84. The van der Waals surface area contributed by atoms with Gasteiger partial charge in [0.1, 0.15) is 10.7 Å². The molecule has 10 heteroatoms. The van der Waals surface area contributed by atoms with Crippen molar-refractivity contribution in [2.24, 2.45) is 11.8 Å². The van der Waals surface area contributed by atoms with Crippen LogP contribution < -0.4 is 5.32 Å². The summed E-state index contributed by atoms with van der Waals surface area (Å²) in [5.41, 5.74) is 1.15. The van der Waals surface area contributed by atoms with Gasteiger partial charge in [-0.1, -0.05) is 64.4 Å². The van der Waals surface area contributed by atoms with Gasteiger partial charge in [0.25, 0.3) is 12.4 Å². The summed E-state index contributed by atoms with van der Waals surface area (Å²) in [6, 6.07) is 8.96. The average molecular weight is 560 g/mol. The van der Waals surface area contributed by atoms with Crippen LogP contribution in [0.4, 0.5) is 0 Å². The second-order valence-corrected chi connectivity index (χ2v) is 11.2. The molecule has 0 spiro atoms. The quantitative estimate of drug-likeness (QED) is 0.265. The van der Waals surface area contributed by atoms with E-state index in [-0.39, 0.29) is 30.0 Å². The number of thiazole rings is 1. The van der Waals surface area contributed by atoms with Crippen molar-refractivity contribution in [2.75, 3.05) is 7.05 Å². The number of hydrogen-bond donors (Lipinski definition) is 2. The minimum absolute atomic E-state index is 0.0413. The molecule has 0 aliphatic carbocycles. The predicted octanol–water partition coefficient (Wildman–Crippen LogP) is 4.87. The van der Waals surface area contributed by atoms with Crippen molar-refractivity contribution in [1.29, 1.82) is 0 Å². The van der Waals surface area contributed by atoms with E-state index < -0.39 is 29.9 Å². The van der Waals surface area contributed by atoms with Gasteiger partial charge in [0.05, 0.1) is 5.92 Å². The van der Waals surface area contributed by atoms with Gasteiger partial charge in [-0.15, -0.1) is 11.3 Å². The summed E-state index contributed by atoms with van der Waals surface area (Å²) in [6.45, 7) is 8.04. The van der Waals surface area contributed by atoms with Gasteiger partial charge < -0.3 is 20.1 Å². The fourth-order valence-electron chi connectivity index (χ4n) is 4.49. The number of carboxylic acids is 1. The highest BCUT2D eigenvalue weighted by Crippen LogP contribution is 2.30. The standard InChI is InChI=1S/C29H41N3O6S/c1-6-7-13-26(34)32(5)24(19(2)3)16-25(38-18-33)28-31-23(17-39-28)27(35)30-22(14-20(4)29(36)37)15-21-11-9-8-10-12-21/h8-12,17-20,22,24-25H,6-7,13-16H2,1-5H3,(H,30,35)(H,36,37). The lowest BCUT2D eigenvalue weighted by Gasteiger charge is -2.33. The van der Waals surface area contributed by atoms with Crippen molar-refractivity contribution in [3.05, 3.63) is 52.0 Å². The molecule has 2 aromatic rings. The Morgan fingerprint density at radius 2 is 1.85 bits per heavy atom. The highest BCUT2D eigenvalue weighted by Gasteiger charge is 2.30. The molecule has 0 aliphatic heterocycles. The van der Waals surface area contributed by atoms with Crippen LogP contribution in [0.25, 0.3) is 0 Å². The number of nitrogens with one attached hydrogen (secondary N) is 1. The first-order chi connectivity index (χ1) is 18.6. The van der Waals surface area contributed by atoms with Crippen LogP contribution in [0.3, 0.4) is 0 Å². The molecule has 0 radical (unpaired) electrons. The van der Waals surface area contributed by atoms with Gasteiger partial charge in [0.2, 0.25) is 5.91 Å². The normalized spacial score (nSPS) is 14.2. The number of carboxylic acid groups (broad SMARTS) is 1. The maximum absolute atomic E-state index is 13.1. The zero-order valence-corrected chi connectivity index (χ0v) is 24.3. The molecule has 0 fully saturated rings. The number of carbonyl (C=O) groups is 4. The first-order valence-electron chi connectivity index (χ1n) is 13.4. The molecule has 0 saturated heterocycles. The highest BCUT2D eigenvalue weighted by molar-refractivity contribution is 7.09. The van der Waals surface area contributed by atoms with Gasteiger partial charge in [0.15, 0.2) is 6.10 Å². The summed E-state index contributed by atoms with van der Waals surface area (Å²) in [5, 5.41) is 14.4. The summed E-state index contributed by atoms with van der Waals surface area (Å²) < 4.78 is 5.38. The fraction of sp³-hybridized carbons (Fsp3) is 0.552. The van der Waals surface area contributed by atoms with E-state index in [0.29, 0.717) is 30.7 Å². The number of ether oxygens (including phenoxy) is 1. The lowest BCUT2D eigenvalue weighted by molar-refractivity contribution is -0.141. The third-order valence-corrected chi connectivity index (χ3v) is 7.77. The molecule has 1 aromatic carbocycles. The van der Waals surface area contributed by atoms with Gasteiger partial charge in [-0.2, -0.15) is 0 Å². The van der Waals surface area contributed by atoms with Gasteiger partial charge in [0, 0.05) is 37.4 Å². The molecule has 2 amide bonds. The Morgan fingerprint density at radius 3 is 2.44 bits per heavy atom. The molecule has 9 nitrogen and oxygen atoms in total. The molecule has 1 heterocycles. The Kier molecular flexibility index (Phi) is 13.1. The van der Waals surface area contributed by atoms with Crippen LogP contribution in [0, 0.1) is 11.8 Å². The molecule has 4 atom stereocenters. The monoisotopic (exact) mass is 559 g/mol. The first-order valence-corrected chi connectivity index (χ1v) is 14.3. The number of unbranched alkanes of at least 4 members (excludes halogenated alkanes) is 1. The lowest BCUT2D eigenvalue weighted by Crippen LogP contribution is -2.41. The molecular formula is C29H41N3O6S. The zero-order valence-electron chi connectivity index (χ0n) is 23.5. The van der Waals surface area contributed by atoms with E-state index in [0.717, 1.165) is 18.4 Å². The van der Waals surface area contributed by atoms with Gasteiger partial charge in [-0.3, -0.25) is 19.2 Å². The lowest BCUT2D eigenvalue weighted by atomic mass is 9.96. The number of nitrogens with zero attached hydrogens (tertiary/aromatic N) is 2. The van der Waals surface area contributed by atoms with Crippen LogP contribution in [-0.4, -0.2) is 58.4 Å². The molecule has 0 saturated carbocycles. The smallest absolute Gasteiger partial charge is 0.306 e. The summed E-state index contributed by atoms with van der Waals surface area (Å²) in [4.78, 5) is 54.8. The fourth-order valence-corrected chi connectivity index (χ4v) is 5.33. The Labute approximate surface area is 235 Å². The van der Waals surface area contributed by atoms with E-state index in [2.05, 4.69) is 10.3 Å². The third-order valence-electron chi connectivity index (χ3n) is 6.83. The minimum Gasteiger partial charge on any atom is -0.481 e. The predicted molar refractivity (Wildman–Crippen MR) is 150 cm³/mol. The molecule has 2 rings (SSSR count). The minimum atomic E-state index is -0.926. The number of carbonyl (C=O) groups excluding carboxylic acids is 3. The van der Waals surface area contributed by atoms with Crippen molar-refractivity contribution in [3.8, 4) is 0 Å². The molecule has 2 N–H and O–H groups in total. The first kappa shape index (κ1) is 31.9. The van der Waals surface area contributed by atoms with E-state index in [1.807, 2.05) is 51.1 Å². The number of hydrogen-bond acceptors (Lipinski definition) is 7. The number of amides is 2. The van der Waals surface area contributed by atoms with Crippen molar-refractivity contribution in [3.63, 3.8) is 0 Å². The molecule has 0 aliphatic rings. The maximum atomic E-state index is 13.1. The topological polar surface area (TPSA) is 126 Å². The number of aromatic nitrogens is 1. The third kappa shape index (κ3) is 10.1. The summed E-state index contributed by atoms with van der Waals surface area (Å²) in [6.07, 6.45) is 2.58. The zero-order chi connectivity index (χ0) is 28.9. The molecule has 1 aromatic heterocycles. The largest absolute Gasteiger partial charge is 0.481 e. The average Bonchev–Trinajstić information content (AvgIpc) is 3.40. The van der Waals surface area contributed by atoms with Crippen molar-refractivity contribution < 1.29 is 29.0 Å². The van der Waals surface area contributed by atoms with Crippen molar-refractivity contribution in [2.45, 2.75) is 84.4 Å². The van der Waals surface area contributed by atoms with E-state index in [4.69, 9.17) is 4.74 Å². The Balaban J connectivity index is 2.19. The highest BCUT2D eigenvalue weighted by atomic mass is 32.1. The van der Waals surface area contributed by atoms with Crippen LogP contribution in [-0.2, 0) is 25.5 Å². The number of rotatable bonds is 17. The Morgan fingerprint density at radius 1 is 1.15 bits per heavy atom. The molecule has 214 valence electrons. The molecular weight excluding hydrogens is 518 g/mol. The molecule has 0 bridgehead atoms. The second-order valence-electron chi connectivity index (χ2n) is 10.3. The van der Waals surface area contributed by atoms with Crippen LogP contribution in [0.1, 0.15) is 87.0 Å². The number of aliphatic carboxylic acids is 1. The second kappa shape index (κ2) is 16.0. The Hall–Kier alpha value is -3.27. The molecule has 39 heavy (non-hydrogen) atoms. The van der Waals surface area contributed by atoms with E-state index >= 15 is 0 Å². The van der Waals surface area contributed by atoms with E-state index in [9.17, 15) is 24.3 Å². The maximum Gasteiger partial charge on any atom is 0.306 e. The number of benzene rings is 1. The van der Waals surface area contributed by atoms with Crippen molar-refractivity contribution >= 4 is 35.6 Å². The Bertz CT molecular complexity index is 1070. The van der Waals surface area contributed by atoms with E-state index in [1.54, 1.807) is 24.3 Å². The van der Waals surface area contributed by atoms with Gasteiger partial charge >= 0.3 is 5.97 Å². The van der Waals surface area contributed by atoms with Crippen LogP contribution in [0.5, 0.6) is 0 Å². The summed E-state index contributed by atoms with van der Waals surface area (Å²) in [7, 11) is 1.77. The molecule has 4 unspecified atom stereocenters. The van der Waals surface area contributed by atoms with Crippen LogP contribution >= 0.6 is 11.3 Å². The van der Waals surface area contributed by atoms with Crippen LogP contribution in [0.2, 0.25) is 0 Å². The van der Waals surface area contributed by atoms with Gasteiger partial charge in [-0.05, 0) is 30.7 Å². The SMILES string of the molecule is CCCCC(=O)N(C)C(CC(OC=O)c1nc(C(=O)NC(Cc2ccccc2)CC(C)C(=O)O)cs1)C(C)C. The van der Waals surface area contributed by atoms with E-state index in [1.165, 1.54) is 11.3 Å². The van der Waals surface area contributed by atoms with Crippen molar-refractivity contribution in [1.82, 2.24) is 15.2 Å².